The summed E-state index contributed by atoms with van der Waals surface area (Å²) in [6, 6.07) is 6.61. The predicted octanol–water partition coefficient (Wildman–Crippen LogP) is 2.53. The van der Waals surface area contributed by atoms with Gasteiger partial charge in [0.15, 0.2) is 4.96 Å². The maximum atomic E-state index is 11.9. The van der Waals surface area contributed by atoms with E-state index in [1.807, 2.05) is 0 Å². The molecule has 0 amide bonds. The Balaban J connectivity index is 1.66. The van der Waals surface area contributed by atoms with Gasteiger partial charge in [0, 0.05) is 35.3 Å². The Morgan fingerprint density at radius 3 is 2.88 bits per heavy atom. The number of aromatic nitrogens is 2. The number of methoxy groups -OCH3 is 2. The number of nitrogens with zero attached hydrogens (tertiary/aromatic N) is 2. The lowest BCUT2D eigenvalue weighted by Crippen LogP contribution is -2.14. The molecular weight excluding hydrogens is 356 g/mol. The fourth-order valence-electron chi connectivity index (χ4n) is 2.27. The van der Waals surface area contributed by atoms with Gasteiger partial charge in [0.2, 0.25) is 0 Å². The van der Waals surface area contributed by atoms with Gasteiger partial charge in [-0.15, -0.1) is 11.3 Å². The van der Waals surface area contributed by atoms with Gasteiger partial charge < -0.3 is 14.2 Å². The van der Waals surface area contributed by atoms with Gasteiger partial charge in [-0.3, -0.25) is 9.20 Å². The Bertz CT molecular complexity index is 1020. The van der Waals surface area contributed by atoms with Crippen LogP contribution in [-0.2, 0) is 16.1 Å². The molecule has 0 aliphatic heterocycles. The van der Waals surface area contributed by atoms with Crippen LogP contribution < -0.4 is 15.0 Å². The number of thiazole rings is 1. The van der Waals surface area contributed by atoms with E-state index >= 15 is 0 Å². The highest BCUT2D eigenvalue weighted by atomic mass is 32.1. The molecular formula is C18H16N2O5S. The van der Waals surface area contributed by atoms with Gasteiger partial charge >= 0.3 is 5.97 Å². The van der Waals surface area contributed by atoms with Gasteiger partial charge in [-0.2, -0.15) is 0 Å². The first kappa shape index (κ1) is 17.7. The fraction of sp³-hybridized carbons (Fsp3) is 0.167. The number of carbonyl (C=O) groups excluding carboxylic acids is 1. The van der Waals surface area contributed by atoms with E-state index in [1.165, 1.54) is 35.0 Å². The third-order valence-electron chi connectivity index (χ3n) is 3.56. The summed E-state index contributed by atoms with van der Waals surface area (Å²) in [5.41, 5.74) is 0.906. The number of fused-ring (bicyclic) bond motifs is 1. The van der Waals surface area contributed by atoms with Crippen LogP contribution in [0.3, 0.4) is 0 Å². The van der Waals surface area contributed by atoms with Crippen molar-refractivity contribution in [1.29, 1.82) is 0 Å². The van der Waals surface area contributed by atoms with Crippen LogP contribution in [0, 0.1) is 0 Å². The van der Waals surface area contributed by atoms with E-state index in [-0.39, 0.29) is 12.2 Å². The molecule has 8 heteroatoms. The molecule has 2 aromatic heterocycles. The Morgan fingerprint density at radius 1 is 1.27 bits per heavy atom. The third-order valence-corrected chi connectivity index (χ3v) is 4.31. The molecule has 0 atom stereocenters. The Morgan fingerprint density at radius 2 is 2.12 bits per heavy atom. The summed E-state index contributed by atoms with van der Waals surface area (Å²) in [6.07, 6.45) is 4.53. The minimum absolute atomic E-state index is 0.0768. The number of carbonyl (C=O) groups is 1. The number of hydrogen-bond acceptors (Lipinski definition) is 7. The second-order valence-electron chi connectivity index (χ2n) is 5.19. The van der Waals surface area contributed by atoms with Crippen molar-refractivity contribution in [3.63, 3.8) is 0 Å². The van der Waals surface area contributed by atoms with E-state index in [0.717, 1.165) is 0 Å². The van der Waals surface area contributed by atoms with Crippen LogP contribution >= 0.6 is 11.3 Å². The molecule has 3 aromatic rings. The van der Waals surface area contributed by atoms with Crippen LogP contribution in [-0.4, -0.2) is 29.6 Å². The average Bonchev–Trinajstić information content (AvgIpc) is 3.13. The van der Waals surface area contributed by atoms with E-state index in [2.05, 4.69) is 4.98 Å². The smallest absolute Gasteiger partial charge is 0.331 e. The fourth-order valence-corrected chi connectivity index (χ4v) is 3.01. The van der Waals surface area contributed by atoms with E-state index < -0.39 is 5.97 Å². The van der Waals surface area contributed by atoms with Gasteiger partial charge in [0.1, 0.15) is 18.1 Å². The predicted molar refractivity (Wildman–Crippen MR) is 97.7 cm³/mol. The van der Waals surface area contributed by atoms with E-state index in [1.54, 1.807) is 43.0 Å². The van der Waals surface area contributed by atoms with Gasteiger partial charge in [-0.25, -0.2) is 9.78 Å². The van der Waals surface area contributed by atoms with Crippen LogP contribution in [0.1, 0.15) is 11.3 Å². The van der Waals surface area contributed by atoms with Crippen LogP contribution in [0.5, 0.6) is 11.5 Å². The van der Waals surface area contributed by atoms with Crippen molar-refractivity contribution in [2.45, 2.75) is 6.61 Å². The molecule has 0 aliphatic rings. The maximum Gasteiger partial charge on any atom is 0.331 e. The Kier molecular flexibility index (Phi) is 5.33. The molecule has 0 saturated carbocycles. The summed E-state index contributed by atoms with van der Waals surface area (Å²) < 4.78 is 17.0. The molecule has 2 heterocycles. The lowest BCUT2D eigenvalue weighted by molar-refractivity contribution is -0.139. The monoisotopic (exact) mass is 372 g/mol. The van der Waals surface area contributed by atoms with Gasteiger partial charge in [-0.05, 0) is 18.2 Å². The molecule has 0 aliphatic carbocycles. The highest BCUT2D eigenvalue weighted by Gasteiger charge is 2.07. The molecule has 3 rings (SSSR count). The van der Waals surface area contributed by atoms with Crippen molar-refractivity contribution in [1.82, 2.24) is 9.38 Å². The Labute approximate surface area is 153 Å². The van der Waals surface area contributed by atoms with Crippen molar-refractivity contribution in [2.75, 3.05) is 14.2 Å². The molecule has 134 valence electrons. The summed E-state index contributed by atoms with van der Waals surface area (Å²) in [5, 5.41) is 1.77. The van der Waals surface area contributed by atoms with Gasteiger partial charge in [-0.1, -0.05) is 0 Å². The van der Waals surface area contributed by atoms with E-state index in [9.17, 15) is 9.59 Å². The average molecular weight is 372 g/mol. The first-order valence-electron chi connectivity index (χ1n) is 7.63. The molecule has 1 aromatic carbocycles. The molecule has 0 unspecified atom stereocenters. The van der Waals surface area contributed by atoms with Crippen LogP contribution in [0.25, 0.3) is 11.0 Å². The highest BCUT2D eigenvalue weighted by Crippen LogP contribution is 2.25. The van der Waals surface area contributed by atoms with Gasteiger partial charge in [0.25, 0.3) is 5.56 Å². The van der Waals surface area contributed by atoms with Crippen LogP contribution in [0.15, 0.2) is 46.7 Å². The SMILES string of the molecule is COc1ccc(/C=C/C(=O)OCc2cc(=O)n3ccsc3n2)c(OC)c1. The quantitative estimate of drug-likeness (QED) is 0.489. The number of esters is 1. The van der Waals surface area contributed by atoms with Crippen molar-refractivity contribution in [3.05, 3.63) is 63.5 Å². The summed E-state index contributed by atoms with van der Waals surface area (Å²) in [6.45, 7) is -0.0768. The lowest BCUT2D eigenvalue weighted by Gasteiger charge is -2.07. The van der Waals surface area contributed by atoms with Crippen molar-refractivity contribution in [2.24, 2.45) is 0 Å². The number of hydrogen-bond donors (Lipinski definition) is 0. The number of benzene rings is 1. The zero-order valence-corrected chi connectivity index (χ0v) is 15.0. The normalized spacial score (nSPS) is 11.0. The molecule has 0 N–H and O–H groups in total. The first-order chi connectivity index (χ1) is 12.6. The molecule has 0 radical (unpaired) electrons. The summed E-state index contributed by atoms with van der Waals surface area (Å²) in [5.74, 6) is 0.685. The minimum atomic E-state index is -0.545. The van der Waals surface area contributed by atoms with E-state index in [0.29, 0.717) is 27.7 Å². The largest absolute Gasteiger partial charge is 0.497 e. The van der Waals surface area contributed by atoms with Crippen molar-refractivity contribution >= 4 is 28.3 Å². The highest BCUT2D eigenvalue weighted by molar-refractivity contribution is 7.15. The minimum Gasteiger partial charge on any atom is -0.497 e. The first-order valence-corrected chi connectivity index (χ1v) is 8.51. The van der Waals surface area contributed by atoms with Gasteiger partial charge in [0.05, 0.1) is 19.9 Å². The maximum absolute atomic E-state index is 11.9. The molecule has 0 fully saturated rings. The molecule has 0 bridgehead atoms. The standard InChI is InChI=1S/C18H16N2O5S/c1-23-14-5-3-12(15(10-14)24-2)4-6-17(22)25-11-13-9-16(21)20-7-8-26-18(20)19-13/h3-10H,11H2,1-2H3/b6-4+. The molecule has 0 saturated heterocycles. The zero-order chi connectivity index (χ0) is 18.5. The van der Waals surface area contributed by atoms with Crippen molar-refractivity contribution < 1.29 is 19.0 Å². The number of rotatable bonds is 6. The van der Waals surface area contributed by atoms with Crippen LogP contribution in [0.2, 0.25) is 0 Å². The van der Waals surface area contributed by atoms with Crippen molar-refractivity contribution in [3.8, 4) is 11.5 Å². The summed E-state index contributed by atoms with van der Waals surface area (Å²) in [4.78, 5) is 28.7. The zero-order valence-electron chi connectivity index (χ0n) is 14.2. The molecule has 7 nitrogen and oxygen atoms in total. The summed E-state index contributed by atoms with van der Waals surface area (Å²) >= 11 is 1.34. The van der Waals surface area contributed by atoms with E-state index in [4.69, 9.17) is 14.2 Å². The topological polar surface area (TPSA) is 79.1 Å². The van der Waals surface area contributed by atoms with Crippen LogP contribution in [0.4, 0.5) is 0 Å². The lowest BCUT2D eigenvalue weighted by atomic mass is 10.2. The second kappa shape index (κ2) is 7.83. The molecule has 0 spiro atoms. The third kappa shape index (κ3) is 3.92. The molecule has 26 heavy (non-hydrogen) atoms. The second-order valence-corrected chi connectivity index (χ2v) is 6.06. The summed E-state index contributed by atoms with van der Waals surface area (Å²) in [7, 11) is 3.10. The Hall–Kier alpha value is -3.13. The number of ether oxygens (including phenoxy) is 3.